The Balaban J connectivity index is 1.73. The van der Waals surface area contributed by atoms with Crippen LogP contribution in [-0.2, 0) is 20.7 Å². The zero-order valence-electron chi connectivity index (χ0n) is 14.8. The van der Waals surface area contributed by atoms with E-state index in [1.165, 1.54) is 13.3 Å². The molecule has 1 aliphatic carbocycles. The van der Waals surface area contributed by atoms with Gasteiger partial charge in [0, 0.05) is 6.04 Å². The van der Waals surface area contributed by atoms with E-state index < -0.39 is 24.0 Å². The number of rotatable bonds is 5. The number of carbonyl (C=O) groups is 3. The van der Waals surface area contributed by atoms with E-state index in [1.807, 2.05) is 31.2 Å². The van der Waals surface area contributed by atoms with Gasteiger partial charge in [-0.2, -0.15) is 0 Å². The van der Waals surface area contributed by atoms with Gasteiger partial charge in [-0.1, -0.05) is 49.1 Å². The molecule has 3 amide bonds. The van der Waals surface area contributed by atoms with Crippen LogP contribution in [0.4, 0.5) is 4.79 Å². The summed E-state index contributed by atoms with van der Waals surface area (Å²) in [6, 6.07) is 7.10. The van der Waals surface area contributed by atoms with Crippen LogP contribution < -0.4 is 10.6 Å². The van der Waals surface area contributed by atoms with Crippen LogP contribution in [0.2, 0.25) is 0 Å². The number of urea groups is 1. The lowest BCUT2D eigenvalue weighted by molar-refractivity contribution is -0.153. The van der Waals surface area contributed by atoms with Crippen molar-refractivity contribution in [3.8, 4) is 0 Å². The summed E-state index contributed by atoms with van der Waals surface area (Å²) in [5.41, 5.74) is 1.92. The molecule has 1 aromatic rings. The summed E-state index contributed by atoms with van der Waals surface area (Å²) in [5.74, 6) is -1.12. The lowest BCUT2D eigenvalue weighted by atomic mass is 9.96. The van der Waals surface area contributed by atoms with Crippen LogP contribution >= 0.6 is 0 Å². The Labute approximate surface area is 148 Å². The molecule has 0 radical (unpaired) electrons. The molecule has 1 aliphatic rings. The van der Waals surface area contributed by atoms with Crippen molar-refractivity contribution >= 4 is 17.9 Å². The second kappa shape index (κ2) is 9.20. The van der Waals surface area contributed by atoms with Crippen molar-refractivity contribution in [2.45, 2.75) is 64.5 Å². The summed E-state index contributed by atoms with van der Waals surface area (Å²) < 4.78 is 5.11. The summed E-state index contributed by atoms with van der Waals surface area (Å²) in [6.45, 7) is 3.42. The maximum Gasteiger partial charge on any atom is 0.321 e. The van der Waals surface area contributed by atoms with Gasteiger partial charge in [0.2, 0.25) is 0 Å². The molecule has 0 saturated heterocycles. The predicted octanol–water partition coefficient (Wildman–Crippen LogP) is 2.63. The highest BCUT2D eigenvalue weighted by molar-refractivity contribution is 5.97. The zero-order valence-corrected chi connectivity index (χ0v) is 14.8. The molecular weight excluding hydrogens is 320 g/mol. The molecule has 136 valence electrons. The van der Waals surface area contributed by atoms with Crippen LogP contribution in [0.25, 0.3) is 0 Å². The Hall–Kier alpha value is -2.37. The maximum absolute atomic E-state index is 12.0. The molecule has 1 atom stereocenters. The summed E-state index contributed by atoms with van der Waals surface area (Å²) in [4.78, 5) is 35.7. The highest BCUT2D eigenvalue weighted by Gasteiger charge is 2.22. The number of aryl methyl sites for hydroxylation is 1. The third-order valence-electron chi connectivity index (χ3n) is 4.32. The van der Waals surface area contributed by atoms with Crippen molar-refractivity contribution in [3.05, 3.63) is 35.4 Å². The minimum atomic E-state index is -1.02. The fourth-order valence-electron chi connectivity index (χ4n) is 2.85. The number of amides is 3. The van der Waals surface area contributed by atoms with Crippen LogP contribution in [0.1, 0.15) is 50.2 Å². The Morgan fingerprint density at radius 1 is 1.12 bits per heavy atom. The molecule has 0 unspecified atom stereocenters. The molecule has 0 aromatic heterocycles. The van der Waals surface area contributed by atoms with E-state index in [0.717, 1.165) is 36.8 Å². The second-order valence-corrected chi connectivity index (χ2v) is 6.59. The molecule has 1 saturated carbocycles. The van der Waals surface area contributed by atoms with E-state index in [4.69, 9.17) is 4.74 Å². The third-order valence-corrected chi connectivity index (χ3v) is 4.32. The minimum Gasteiger partial charge on any atom is -0.452 e. The first-order valence-corrected chi connectivity index (χ1v) is 8.80. The standard InChI is InChI=1S/C19H26N2O4/c1-13-8-10-15(11-9-13)12-17(22)25-14(2)18(23)21-19(24)20-16-6-4-3-5-7-16/h8-11,14,16H,3-7,12H2,1-2H3,(H2,20,21,23,24)/t14-/m0/s1. The van der Waals surface area contributed by atoms with E-state index >= 15 is 0 Å². The molecular formula is C19H26N2O4. The average molecular weight is 346 g/mol. The maximum atomic E-state index is 12.0. The van der Waals surface area contributed by atoms with E-state index in [0.29, 0.717) is 0 Å². The third kappa shape index (κ3) is 6.57. The van der Waals surface area contributed by atoms with Crippen LogP contribution in [0.3, 0.4) is 0 Å². The minimum absolute atomic E-state index is 0.0895. The molecule has 6 heteroatoms. The number of nitrogens with one attached hydrogen (secondary N) is 2. The number of carbonyl (C=O) groups excluding carboxylic acids is 3. The molecule has 2 rings (SSSR count). The topological polar surface area (TPSA) is 84.5 Å². The van der Waals surface area contributed by atoms with Crippen molar-refractivity contribution in [1.29, 1.82) is 0 Å². The fraction of sp³-hybridized carbons (Fsp3) is 0.526. The predicted molar refractivity (Wildman–Crippen MR) is 94.0 cm³/mol. The Morgan fingerprint density at radius 2 is 1.76 bits per heavy atom. The number of hydrogen-bond acceptors (Lipinski definition) is 4. The van der Waals surface area contributed by atoms with Crippen molar-refractivity contribution in [1.82, 2.24) is 10.6 Å². The van der Waals surface area contributed by atoms with Crippen LogP contribution in [-0.4, -0.2) is 30.1 Å². The molecule has 25 heavy (non-hydrogen) atoms. The second-order valence-electron chi connectivity index (χ2n) is 6.59. The van der Waals surface area contributed by atoms with Crippen molar-refractivity contribution in [2.24, 2.45) is 0 Å². The van der Waals surface area contributed by atoms with Crippen LogP contribution in [0.5, 0.6) is 0 Å². The first-order chi connectivity index (χ1) is 11.9. The molecule has 2 N–H and O–H groups in total. The number of hydrogen-bond donors (Lipinski definition) is 2. The summed E-state index contributed by atoms with van der Waals surface area (Å²) >= 11 is 0. The summed E-state index contributed by atoms with van der Waals surface area (Å²) in [7, 11) is 0. The Kier molecular flexibility index (Phi) is 6.98. The fourth-order valence-corrected chi connectivity index (χ4v) is 2.85. The zero-order chi connectivity index (χ0) is 18.2. The largest absolute Gasteiger partial charge is 0.452 e. The van der Waals surface area contributed by atoms with Gasteiger partial charge in [-0.25, -0.2) is 4.79 Å². The van der Waals surface area contributed by atoms with Gasteiger partial charge in [0.05, 0.1) is 6.42 Å². The molecule has 1 aromatic carbocycles. The normalized spacial score (nSPS) is 15.9. The van der Waals surface area contributed by atoms with Gasteiger partial charge in [0.25, 0.3) is 5.91 Å². The monoisotopic (exact) mass is 346 g/mol. The molecule has 0 heterocycles. The number of imide groups is 1. The quantitative estimate of drug-likeness (QED) is 0.803. The van der Waals surface area contributed by atoms with Gasteiger partial charge in [-0.05, 0) is 32.3 Å². The number of ether oxygens (including phenoxy) is 1. The Bertz CT molecular complexity index is 606. The molecule has 1 fully saturated rings. The van der Waals surface area contributed by atoms with E-state index in [-0.39, 0.29) is 12.5 Å². The Morgan fingerprint density at radius 3 is 2.40 bits per heavy atom. The summed E-state index contributed by atoms with van der Waals surface area (Å²) in [6.07, 6.45) is 4.30. The van der Waals surface area contributed by atoms with Gasteiger partial charge in [0.1, 0.15) is 0 Å². The first kappa shape index (κ1) is 19.0. The first-order valence-electron chi connectivity index (χ1n) is 8.80. The van der Waals surface area contributed by atoms with Crippen molar-refractivity contribution in [2.75, 3.05) is 0 Å². The van der Waals surface area contributed by atoms with Gasteiger partial charge in [-0.15, -0.1) is 0 Å². The van der Waals surface area contributed by atoms with Gasteiger partial charge >= 0.3 is 12.0 Å². The lowest BCUT2D eigenvalue weighted by Gasteiger charge is -2.23. The molecule has 0 bridgehead atoms. The SMILES string of the molecule is Cc1ccc(CC(=O)O[C@@H](C)C(=O)NC(=O)NC2CCCCC2)cc1. The average Bonchev–Trinajstić information content (AvgIpc) is 2.57. The molecule has 0 spiro atoms. The van der Waals surface area contributed by atoms with Crippen molar-refractivity contribution < 1.29 is 19.1 Å². The van der Waals surface area contributed by atoms with Crippen molar-refractivity contribution in [3.63, 3.8) is 0 Å². The summed E-state index contributed by atoms with van der Waals surface area (Å²) in [5, 5.41) is 5.03. The van der Waals surface area contributed by atoms with Gasteiger partial charge < -0.3 is 10.1 Å². The molecule has 0 aliphatic heterocycles. The van der Waals surface area contributed by atoms with Gasteiger partial charge in [0.15, 0.2) is 6.10 Å². The van der Waals surface area contributed by atoms with E-state index in [9.17, 15) is 14.4 Å². The lowest BCUT2D eigenvalue weighted by Crippen LogP contribution is -2.48. The molecule has 6 nitrogen and oxygen atoms in total. The van der Waals surface area contributed by atoms with E-state index in [1.54, 1.807) is 0 Å². The smallest absolute Gasteiger partial charge is 0.321 e. The van der Waals surface area contributed by atoms with Gasteiger partial charge in [-0.3, -0.25) is 14.9 Å². The van der Waals surface area contributed by atoms with E-state index in [2.05, 4.69) is 10.6 Å². The van der Waals surface area contributed by atoms with Crippen LogP contribution in [0.15, 0.2) is 24.3 Å². The number of benzene rings is 1. The van der Waals surface area contributed by atoms with Crippen LogP contribution in [0, 0.1) is 6.92 Å². The highest BCUT2D eigenvalue weighted by atomic mass is 16.5. The highest BCUT2D eigenvalue weighted by Crippen LogP contribution is 2.17. The number of esters is 1.